The lowest BCUT2D eigenvalue weighted by atomic mass is 10.1. The molecule has 8 heteroatoms. The Kier molecular flexibility index (Phi) is 3.95. The number of alkyl halides is 6. The van der Waals surface area contributed by atoms with Crippen molar-refractivity contribution in [2.75, 3.05) is 0 Å². The third-order valence-corrected chi connectivity index (χ3v) is 2.75. The van der Waals surface area contributed by atoms with Gasteiger partial charge in [-0.2, -0.15) is 31.3 Å². The minimum atomic E-state index is -5.76. The monoisotopic (exact) mass is 319 g/mol. The molecule has 116 valence electrons. The van der Waals surface area contributed by atoms with E-state index in [4.69, 9.17) is 0 Å². The summed E-state index contributed by atoms with van der Waals surface area (Å²) in [6.07, 6.45) is -11.5. The molecule has 0 radical (unpaired) electrons. The van der Waals surface area contributed by atoms with E-state index >= 15 is 0 Å². The van der Waals surface area contributed by atoms with Crippen LogP contribution >= 0.6 is 0 Å². The predicted molar refractivity (Wildman–Crippen MR) is 67.8 cm³/mol. The van der Waals surface area contributed by atoms with Crippen molar-refractivity contribution in [1.82, 2.24) is 0 Å². The van der Waals surface area contributed by atoms with Gasteiger partial charge in [-0.15, -0.1) is 0 Å². The summed E-state index contributed by atoms with van der Waals surface area (Å²) in [4.78, 5) is 13.8. The Morgan fingerprint density at radius 2 is 1.36 bits per heavy atom. The second kappa shape index (κ2) is 5.43. The maximum Gasteiger partial charge on any atom is 0.438 e. The molecule has 22 heavy (non-hydrogen) atoms. The summed E-state index contributed by atoms with van der Waals surface area (Å²) < 4.78 is 74.1. The van der Waals surface area contributed by atoms with Crippen molar-refractivity contribution in [3.8, 4) is 0 Å². The Bertz CT molecular complexity index is 729. The summed E-state index contributed by atoms with van der Waals surface area (Å²) in [7, 11) is 0. The molecule has 0 heterocycles. The lowest BCUT2D eigenvalue weighted by Gasteiger charge is -2.12. The zero-order valence-corrected chi connectivity index (χ0v) is 10.7. The molecule has 0 unspecified atom stereocenters. The Morgan fingerprint density at radius 3 is 1.91 bits per heavy atom. The minimum Gasteiger partial charge on any atom is -0.267 e. The van der Waals surface area contributed by atoms with Gasteiger partial charge in [-0.1, -0.05) is 30.3 Å². The highest BCUT2D eigenvalue weighted by Crippen LogP contribution is 2.30. The first-order chi connectivity index (χ1) is 10.1. The summed E-state index contributed by atoms with van der Waals surface area (Å²) in [5, 5.41) is 1.19. The third-order valence-electron chi connectivity index (χ3n) is 2.75. The van der Waals surface area contributed by atoms with Crippen molar-refractivity contribution >= 4 is 22.4 Å². The van der Waals surface area contributed by atoms with E-state index < -0.39 is 24.0 Å². The molecule has 0 saturated carbocycles. The first kappa shape index (κ1) is 16.0. The van der Waals surface area contributed by atoms with Crippen LogP contribution in [0.25, 0.3) is 10.8 Å². The molecule has 1 amide bonds. The van der Waals surface area contributed by atoms with E-state index in [9.17, 15) is 31.1 Å². The van der Waals surface area contributed by atoms with E-state index in [2.05, 4.69) is 4.99 Å². The molecule has 0 bridgehead atoms. The van der Waals surface area contributed by atoms with Gasteiger partial charge in [0.05, 0.1) is 0 Å². The average Bonchev–Trinajstić information content (AvgIpc) is 2.41. The van der Waals surface area contributed by atoms with Crippen molar-refractivity contribution < 1.29 is 31.1 Å². The zero-order chi connectivity index (χ0) is 16.5. The van der Waals surface area contributed by atoms with Gasteiger partial charge in [0, 0.05) is 5.56 Å². The molecule has 0 aliphatic carbocycles. The highest BCUT2D eigenvalue weighted by Gasteiger charge is 2.53. The first-order valence-corrected chi connectivity index (χ1v) is 5.85. The van der Waals surface area contributed by atoms with E-state index in [0.717, 1.165) is 6.07 Å². The largest absolute Gasteiger partial charge is 0.438 e. The van der Waals surface area contributed by atoms with Crippen molar-refractivity contribution in [2.45, 2.75) is 12.4 Å². The fourth-order valence-electron chi connectivity index (χ4n) is 1.78. The fourth-order valence-corrected chi connectivity index (χ4v) is 1.78. The van der Waals surface area contributed by atoms with E-state index in [1.54, 1.807) is 24.3 Å². The molecule has 0 aliphatic rings. The van der Waals surface area contributed by atoms with Crippen LogP contribution < -0.4 is 0 Å². The molecule has 0 fully saturated rings. The van der Waals surface area contributed by atoms with Crippen LogP contribution in [0.4, 0.5) is 26.3 Å². The maximum absolute atomic E-state index is 12.3. The van der Waals surface area contributed by atoms with Crippen molar-refractivity contribution in [2.24, 2.45) is 4.99 Å². The van der Waals surface area contributed by atoms with Gasteiger partial charge in [0.15, 0.2) is 0 Å². The number of aliphatic imine (C=N–C) groups is 1. The van der Waals surface area contributed by atoms with Gasteiger partial charge in [-0.25, -0.2) is 0 Å². The molecule has 2 aromatic carbocycles. The number of nitrogens with zero attached hydrogens (tertiary/aromatic N) is 1. The van der Waals surface area contributed by atoms with E-state index in [1.165, 1.54) is 12.1 Å². The van der Waals surface area contributed by atoms with E-state index in [1.807, 2.05) is 0 Å². The molecule has 0 aliphatic heterocycles. The van der Waals surface area contributed by atoms with Crippen molar-refractivity contribution in [3.63, 3.8) is 0 Å². The summed E-state index contributed by atoms with van der Waals surface area (Å²) in [6.45, 7) is 0. The summed E-state index contributed by atoms with van der Waals surface area (Å²) in [5.74, 6) is -1.60. The van der Waals surface area contributed by atoms with Crippen molar-refractivity contribution in [1.29, 1.82) is 0 Å². The fraction of sp³-hybridized carbons (Fsp3) is 0.143. The summed E-state index contributed by atoms with van der Waals surface area (Å²) in [5.41, 5.74) is -3.43. The topological polar surface area (TPSA) is 29.4 Å². The first-order valence-electron chi connectivity index (χ1n) is 5.85. The molecule has 0 N–H and O–H groups in total. The predicted octanol–water partition coefficient (Wildman–Crippen LogP) is 4.55. The Morgan fingerprint density at radius 1 is 0.818 bits per heavy atom. The van der Waals surface area contributed by atoms with Crippen molar-refractivity contribution in [3.05, 3.63) is 48.0 Å². The Labute approximate surface area is 120 Å². The maximum atomic E-state index is 12.3. The highest BCUT2D eigenvalue weighted by molar-refractivity contribution is 6.08. The third kappa shape index (κ3) is 3.44. The van der Waals surface area contributed by atoms with Gasteiger partial charge in [0.1, 0.15) is 0 Å². The summed E-state index contributed by atoms with van der Waals surface area (Å²) in [6, 6.07) is 10.3. The lowest BCUT2D eigenvalue weighted by molar-refractivity contribution is -0.117. The van der Waals surface area contributed by atoms with Crippen LogP contribution in [0.2, 0.25) is 0 Å². The summed E-state index contributed by atoms with van der Waals surface area (Å²) >= 11 is 0. The van der Waals surface area contributed by atoms with Crippen LogP contribution in [-0.4, -0.2) is 24.0 Å². The van der Waals surface area contributed by atoms with Gasteiger partial charge in [-0.3, -0.25) is 4.79 Å². The number of amides is 1. The number of hydrogen-bond acceptors (Lipinski definition) is 1. The quantitative estimate of drug-likeness (QED) is 0.560. The number of halogens is 6. The normalized spacial score (nSPS) is 12.3. The van der Waals surface area contributed by atoms with E-state index in [-0.39, 0.29) is 5.56 Å². The number of carbonyl (C=O) groups excluding carboxylic acids is 1. The van der Waals surface area contributed by atoms with Crippen LogP contribution in [0.15, 0.2) is 47.5 Å². The second-order valence-corrected chi connectivity index (χ2v) is 4.32. The SMILES string of the molecule is O=C(N=C(C(F)(F)F)C(F)(F)F)c1ccc2ccccc2c1. The Hall–Kier alpha value is -2.38. The van der Waals surface area contributed by atoms with Crippen LogP contribution in [0, 0.1) is 0 Å². The van der Waals surface area contributed by atoms with Gasteiger partial charge in [0.25, 0.3) is 5.91 Å². The molecule has 2 rings (SSSR count). The molecular weight excluding hydrogens is 312 g/mol. The standard InChI is InChI=1S/C14H7F6NO/c15-13(16,17)12(14(18,19)20)21-11(22)10-6-5-8-3-1-2-4-9(8)7-10/h1-7H. The minimum absolute atomic E-state index is 0.357. The number of rotatable bonds is 1. The van der Waals surface area contributed by atoms with Crippen LogP contribution in [0.5, 0.6) is 0 Å². The highest BCUT2D eigenvalue weighted by atomic mass is 19.4. The molecule has 0 atom stereocenters. The molecule has 2 aromatic rings. The molecule has 0 spiro atoms. The molecule has 0 saturated heterocycles. The number of benzene rings is 2. The Balaban J connectivity index is 2.46. The van der Waals surface area contributed by atoms with Crippen LogP contribution in [0.1, 0.15) is 10.4 Å². The zero-order valence-electron chi connectivity index (χ0n) is 10.7. The van der Waals surface area contributed by atoms with Crippen LogP contribution in [-0.2, 0) is 0 Å². The van der Waals surface area contributed by atoms with Crippen LogP contribution in [0.3, 0.4) is 0 Å². The van der Waals surface area contributed by atoms with Gasteiger partial charge in [0.2, 0.25) is 5.71 Å². The number of carbonyl (C=O) groups is 1. The second-order valence-electron chi connectivity index (χ2n) is 4.32. The number of hydrogen-bond donors (Lipinski definition) is 0. The lowest BCUT2D eigenvalue weighted by Crippen LogP contribution is -2.37. The average molecular weight is 319 g/mol. The smallest absolute Gasteiger partial charge is 0.267 e. The van der Waals surface area contributed by atoms with Gasteiger partial charge >= 0.3 is 12.4 Å². The van der Waals surface area contributed by atoms with Gasteiger partial charge in [-0.05, 0) is 22.9 Å². The molecule has 0 aromatic heterocycles. The van der Waals surface area contributed by atoms with E-state index in [0.29, 0.717) is 10.8 Å². The molecule has 2 nitrogen and oxygen atoms in total. The van der Waals surface area contributed by atoms with Gasteiger partial charge < -0.3 is 0 Å². The number of fused-ring (bicyclic) bond motifs is 1. The molecular formula is C14H7F6NO.